The van der Waals surface area contributed by atoms with E-state index in [-0.39, 0.29) is 0 Å². The van der Waals surface area contributed by atoms with Crippen molar-refractivity contribution in [2.75, 3.05) is 32.8 Å². The zero-order valence-electron chi connectivity index (χ0n) is 16.9. The number of nitrogens with zero attached hydrogens (tertiary/aromatic N) is 5. The van der Waals surface area contributed by atoms with Gasteiger partial charge in [-0.1, -0.05) is 18.2 Å². The van der Waals surface area contributed by atoms with Crippen LogP contribution >= 0.6 is 12.2 Å². The molecule has 3 heterocycles. The summed E-state index contributed by atoms with van der Waals surface area (Å²) < 4.78 is 10.6. The third kappa shape index (κ3) is 4.04. The SMILES string of the molecule is C=CCn1c(C2CC2)nn(CN2CCN(Cc3ccc4c(c3)CCO4)CC2)c1=S. The van der Waals surface area contributed by atoms with Crippen LogP contribution in [0.1, 0.15) is 35.7 Å². The number of allylic oxidation sites excluding steroid dienone is 1. The highest BCUT2D eigenvalue weighted by atomic mass is 32.1. The first-order valence-electron chi connectivity index (χ1n) is 10.7. The van der Waals surface area contributed by atoms with Crippen molar-refractivity contribution < 1.29 is 4.74 Å². The molecule has 29 heavy (non-hydrogen) atoms. The second-order valence-electron chi connectivity index (χ2n) is 8.39. The normalized spacial score (nSPS) is 19.9. The van der Waals surface area contributed by atoms with Gasteiger partial charge in [0, 0.05) is 51.6 Å². The van der Waals surface area contributed by atoms with Gasteiger partial charge in [0.1, 0.15) is 11.6 Å². The molecule has 0 atom stereocenters. The fraction of sp³-hybridized carbons (Fsp3) is 0.545. The number of hydrogen-bond donors (Lipinski definition) is 0. The van der Waals surface area contributed by atoms with E-state index in [1.54, 1.807) is 0 Å². The summed E-state index contributed by atoms with van der Waals surface area (Å²) in [6.07, 6.45) is 5.42. The van der Waals surface area contributed by atoms with Gasteiger partial charge in [0.15, 0.2) is 4.77 Å². The van der Waals surface area contributed by atoms with Crippen molar-refractivity contribution in [1.82, 2.24) is 24.1 Å². The quantitative estimate of drug-likeness (QED) is 0.517. The summed E-state index contributed by atoms with van der Waals surface area (Å²) in [6, 6.07) is 6.66. The van der Waals surface area contributed by atoms with E-state index in [0.717, 1.165) is 75.3 Å². The largest absolute Gasteiger partial charge is 0.493 e. The smallest absolute Gasteiger partial charge is 0.199 e. The molecular formula is C22H29N5OS. The average molecular weight is 412 g/mol. The Balaban J connectivity index is 1.19. The minimum Gasteiger partial charge on any atom is -0.493 e. The van der Waals surface area contributed by atoms with Gasteiger partial charge in [-0.15, -0.1) is 6.58 Å². The molecule has 1 aliphatic carbocycles. The Morgan fingerprint density at radius 2 is 1.97 bits per heavy atom. The van der Waals surface area contributed by atoms with Crippen molar-refractivity contribution in [2.45, 2.75) is 44.9 Å². The van der Waals surface area contributed by atoms with Crippen molar-refractivity contribution in [3.8, 4) is 5.75 Å². The Morgan fingerprint density at radius 1 is 1.17 bits per heavy atom. The summed E-state index contributed by atoms with van der Waals surface area (Å²) in [5.74, 6) is 2.80. The van der Waals surface area contributed by atoms with Gasteiger partial charge in [-0.3, -0.25) is 14.4 Å². The molecule has 1 saturated carbocycles. The maximum atomic E-state index is 5.71. The first kappa shape index (κ1) is 19.0. The van der Waals surface area contributed by atoms with Crippen molar-refractivity contribution in [3.63, 3.8) is 0 Å². The predicted molar refractivity (Wildman–Crippen MR) is 116 cm³/mol. The minimum absolute atomic E-state index is 0.590. The van der Waals surface area contributed by atoms with Crippen molar-refractivity contribution in [1.29, 1.82) is 0 Å². The number of ether oxygens (including phenoxy) is 1. The fourth-order valence-electron chi connectivity index (χ4n) is 4.37. The molecule has 5 rings (SSSR count). The minimum atomic E-state index is 0.590. The molecular weight excluding hydrogens is 382 g/mol. The Morgan fingerprint density at radius 3 is 2.72 bits per heavy atom. The van der Waals surface area contributed by atoms with E-state index in [9.17, 15) is 0 Å². The molecule has 1 aromatic carbocycles. The lowest BCUT2D eigenvalue weighted by Crippen LogP contribution is -2.46. The molecule has 0 spiro atoms. The summed E-state index contributed by atoms with van der Waals surface area (Å²) >= 11 is 5.71. The van der Waals surface area contributed by atoms with Crippen molar-refractivity contribution in [2.24, 2.45) is 0 Å². The number of rotatable bonds is 7. The van der Waals surface area contributed by atoms with E-state index in [2.05, 4.69) is 39.1 Å². The van der Waals surface area contributed by atoms with Gasteiger partial charge in [-0.05, 0) is 42.3 Å². The standard InChI is InChI=1S/C22H29N5OS/c1-2-8-26-21(18-4-5-18)23-27(22(26)29)16-25-11-9-24(10-12-25)15-17-3-6-20-19(14-17)7-13-28-20/h2-3,6,14,18H,1,4-5,7-13,15-16H2. The molecule has 1 aromatic heterocycles. The molecule has 0 amide bonds. The zero-order chi connectivity index (χ0) is 19.8. The Kier molecular flexibility index (Phi) is 5.28. The number of aromatic nitrogens is 3. The summed E-state index contributed by atoms with van der Waals surface area (Å²) in [4.78, 5) is 5.00. The van der Waals surface area contributed by atoms with E-state index in [1.807, 2.05) is 10.8 Å². The molecule has 2 fully saturated rings. The maximum Gasteiger partial charge on any atom is 0.199 e. The average Bonchev–Trinajstić information content (AvgIpc) is 3.39. The van der Waals surface area contributed by atoms with Crippen molar-refractivity contribution in [3.05, 3.63) is 52.6 Å². The highest BCUT2D eigenvalue weighted by Gasteiger charge is 2.30. The van der Waals surface area contributed by atoms with Crippen LogP contribution in [0.4, 0.5) is 0 Å². The lowest BCUT2D eigenvalue weighted by atomic mass is 10.1. The molecule has 7 heteroatoms. The molecule has 3 aliphatic rings. The van der Waals surface area contributed by atoms with Crippen LogP contribution in [0.25, 0.3) is 0 Å². The van der Waals surface area contributed by atoms with E-state index in [1.165, 1.54) is 24.0 Å². The van der Waals surface area contributed by atoms with Crippen LogP contribution in [-0.4, -0.2) is 56.9 Å². The van der Waals surface area contributed by atoms with Gasteiger partial charge in [0.2, 0.25) is 0 Å². The Bertz CT molecular complexity index is 953. The van der Waals surface area contributed by atoms with Gasteiger partial charge >= 0.3 is 0 Å². The van der Waals surface area contributed by atoms with Crippen LogP contribution in [0.2, 0.25) is 0 Å². The second-order valence-corrected chi connectivity index (χ2v) is 8.76. The number of hydrogen-bond acceptors (Lipinski definition) is 5. The van der Waals surface area contributed by atoms with Gasteiger partial charge in [0.05, 0.1) is 13.3 Å². The predicted octanol–water partition coefficient (Wildman–Crippen LogP) is 3.19. The fourth-order valence-corrected chi connectivity index (χ4v) is 4.64. The van der Waals surface area contributed by atoms with E-state index in [4.69, 9.17) is 22.1 Å². The zero-order valence-corrected chi connectivity index (χ0v) is 17.7. The van der Waals surface area contributed by atoms with Crippen LogP contribution in [0, 0.1) is 4.77 Å². The first-order valence-corrected chi connectivity index (χ1v) is 11.1. The molecule has 2 aliphatic heterocycles. The Labute approximate surface area is 177 Å². The molecule has 0 N–H and O–H groups in total. The van der Waals surface area contributed by atoms with Crippen molar-refractivity contribution >= 4 is 12.2 Å². The summed E-state index contributed by atoms with van der Waals surface area (Å²) in [5.41, 5.74) is 2.75. The number of piperazine rings is 1. The number of benzene rings is 1. The van der Waals surface area contributed by atoms with Gasteiger partial charge in [0.25, 0.3) is 0 Å². The monoisotopic (exact) mass is 411 g/mol. The third-order valence-corrected chi connectivity index (χ3v) is 6.60. The van der Waals surface area contributed by atoms with Gasteiger partial charge in [-0.25, -0.2) is 4.68 Å². The molecule has 1 saturated heterocycles. The molecule has 0 unspecified atom stereocenters. The Hall–Kier alpha value is -1.96. The van der Waals surface area contributed by atoms with E-state index >= 15 is 0 Å². The summed E-state index contributed by atoms with van der Waals surface area (Å²) in [6.45, 7) is 11.5. The lowest BCUT2D eigenvalue weighted by Gasteiger charge is -2.34. The van der Waals surface area contributed by atoms with Gasteiger partial charge in [-0.2, -0.15) is 5.10 Å². The molecule has 0 bridgehead atoms. The first-order chi connectivity index (χ1) is 14.2. The van der Waals surface area contributed by atoms with Gasteiger partial charge < -0.3 is 4.74 Å². The molecule has 2 aromatic rings. The lowest BCUT2D eigenvalue weighted by molar-refractivity contribution is 0.0979. The molecule has 0 radical (unpaired) electrons. The second kappa shape index (κ2) is 8.05. The summed E-state index contributed by atoms with van der Waals surface area (Å²) in [7, 11) is 0. The van der Waals surface area contributed by atoms with Crippen LogP contribution < -0.4 is 4.74 Å². The number of fused-ring (bicyclic) bond motifs is 1. The van der Waals surface area contributed by atoms with E-state index < -0.39 is 0 Å². The summed E-state index contributed by atoms with van der Waals surface area (Å²) in [5, 5.41) is 4.87. The molecule has 6 nitrogen and oxygen atoms in total. The van der Waals surface area contributed by atoms with Crippen LogP contribution in [0.15, 0.2) is 30.9 Å². The van der Waals surface area contributed by atoms with Crippen LogP contribution in [-0.2, 0) is 26.2 Å². The highest BCUT2D eigenvalue weighted by molar-refractivity contribution is 7.71. The third-order valence-electron chi connectivity index (χ3n) is 6.16. The maximum absolute atomic E-state index is 5.71. The van der Waals surface area contributed by atoms with E-state index in [0.29, 0.717) is 5.92 Å². The highest BCUT2D eigenvalue weighted by Crippen LogP contribution is 2.39. The van der Waals surface area contributed by atoms with Crippen LogP contribution in [0.3, 0.4) is 0 Å². The molecule has 154 valence electrons. The van der Waals surface area contributed by atoms with Crippen LogP contribution in [0.5, 0.6) is 5.75 Å². The topological polar surface area (TPSA) is 38.5 Å².